The molecule has 0 saturated heterocycles. The molecule has 1 aromatic heterocycles. The molecule has 0 amide bonds. The molecule has 0 bridgehead atoms. The summed E-state index contributed by atoms with van der Waals surface area (Å²) in [5.74, 6) is 0.560. The van der Waals surface area contributed by atoms with E-state index in [9.17, 15) is 15.0 Å². The van der Waals surface area contributed by atoms with Crippen LogP contribution in [0.2, 0.25) is 0 Å². The highest BCUT2D eigenvalue weighted by atomic mass is 32.2. The highest BCUT2D eigenvalue weighted by Crippen LogP contribution is 2.37. The Morgan fingerprint density at radius 3 is 2.07 bits per heavy atom. The van der Waals surface area contributed by atoms with Crippen molar-refractivity contribution in [1.82, 2.24) is 4.98 Å². The molecule has 2 rings (SSSR count). The van der Waals surface area contributed by atoms with Crippen molar-refractivity contribution in [2.45, 2.75) is 76.4 Å². The molecule has 0 aliphatic carbocycles. The summed E-state index contributed by atoms with van der Waals surface area (Å²) >= 11 is 1.30. The third kappa shape index (κ3) is 9.27. The summed E-state index contributed by atoms with van der Waals surface area (Å²) in [6.45, 7) is 6.02. The first-order valence-corrected chi connectivity index (χ1v) is 11.1. The lowest BCUT2D eigenvalue weighted by atomic mass is 10.1. The number of unbranched alkanes of at least 4 members (excludes halogenated alkanes) is 6. The molecule has 154 valence electrons. The summed E-state index contributed by atoms with van der Waals surface area (Å²) in [5.41, 5.74) is 1.42. The third-order valence-electron chi connectivity index (χ3n) is 4.27. The molecule has 0 radical (unpaired) electrons. The van der Waals surface area contributed by atoms with Gasteiger partial charge in [-0.25, -0.2) is 0 Å². The number of aromatic nitrogens is 1. The van der Waals surface area contributed by atoms with Crippen LogP contribution < -0.4 is 0 Å². The minimum Gasteiger partial charge on any atom is -0.507 e. The first kappa shape index (κ1) is 24.0. The van der Waals surface area contributed by atoms with Gasteiger partial charge in [-0.1, -0.05) is 64.9 Å². The molecule has 0 aliphatic heterocycles. The zero-order chi connectivity index (χ0) is 20.8. The van der Waals surface area contributed by atoms with Crippen LogP contribution >= 0.6 is 11.8 Å². The van der Waals surface area contributed by atoms with E-state index in [0.29, 0.717) is 16.2 Å². The third-order valence-corrected chi connectivity index (χ3v) is 5.45. The second-order valence-corrected chi connectivity index (χ2v) is 7.81. The summed E-state index contributed by atoms with van der Waals surface area (Å²) < 4.78 is 0. The average Bonchev–Trinajstić information content (AvgIpc) is 2.68. The van der Waals surface area contributed by atoms with E-state index in [2.05, 4.69) is 18.8 Å². The van der Waals surface area contributed by atoms with E-state index in [1.807, 2.05) is 0 Å². The molecular formula is C23H33NO3S. The number of phenolic OH excluding ortho intramolecular Hbond substituents is 2. The van der Waals surface area contributed by atoms with E-state index in [-0.39, 0.29) is 17.3 Å². The zero-order valence-corrected chi connectivity index (χ0v) is 18.1. The van der Waals surface area contributed by atoms with Gasteiger partial charge in [-0.3, -0.25) is 9.78 Å². The number of nitrogens with zero attached hydrogens (tertiary/aromatic N) is 1. The maximum Gasteiger partial charge on any atom is 0.161 e. The minimum atomic E-state index is -0.0373. The maximum absolute atomic E-state index is 11.3. The monoisotopic (exact) mass is 403 g/mol. The number of thioether (sulfide) groups is 1. The fourth-order valence-corrected chi connectivity index (χ4v) is 3.51. The first-order valence-electron chi connectivity index (χ1n) is 10.1. The SMILES string of the molecule is CC(=O)c1cncc(CSc2c(O)cccc2O)c1.CCCCCCCCC. The van der Waals surface area contributed by atoms with Gasteiger partial charge in [0.25, 0.3) is 0 Å². The molecule has 0 spiro atoms. The van der Waals surface area contributed by atoms with Crippen LogP contribution in [0.1, 0.15) is 81.6 Å². The molecular weight excluding hydrogens is 370 g/mol. The van der Waals surface area contributed by atoms with E-state index in [0.717, 1.165) is 5.56 Å². The number of carbonyl (C=O) groups excluding carboxylic acids is 1. The molecule has 0 atom stereocenters. The Morgan fingerprint density at radius 2 is 1.54 bits per heavy atom. The normalized spacial score (nSPS) is 10.2. The molecule has 28 heavy (non-hydrogen) atoms. The van der Waals surface area contributed by atoms with Crippen molar-refractivity contribution < 1.29 is 15.0 Å². The minimum absolute atomic E-state index is 0.0373. The highest BCUT2D eigenvalue weighted by molar-refractivity contribution is 7.98. The number of rotatable bonds is 10. The number of Topliss-reactive ketones (excluding diaryl/α,β-unsaturated/α-hetero) is 1. The number of ketones is 1. The van der Waals surface area contributed by atoms with E-state index < -0.39 is 0 Å². The van der Waals surface area contributed by atoms with Crippen LogP contribution in [-0.4, -0.2) is 21.0 Å². The molecule has 2 N–H and O–H groups in total. The lowest BCUT2D eigenvalue weighted by Gasteiger charge is -2.07. The van der Waals surface area contributed by atoms with Gasteiger partial charge in [0.1, 0.15) is 11.5 Å². The van der Waals surface area contributed by atoms with Crippen LogP contribution in [0.4, 0.5) is 0 Å². The zero-order valence-electron chi connectivity index (χ0n) is 17.3. The lowest BCUT2D eigenvalue weighted by Crippen LogP contribution is -1.95. The fourth-order valence-electron chi connectivity index (χ4n) is 2.61. The summed E-state index contributed by atoms with van der Waals surface area (Å²) in [6.07, 6.45) is 13.2. The number of carbonyl (C=O) groups is 1. The fraction of sp³-hybridized carbons (Fsp3) is 0.478. The number of aromatic hydroxyl groups is 2. The predicted molar refractivity (Wildman–Crippen MR) is 117 cm³/mol. The van der Waals surface area contributed by atoms with Crippen LogP contribution in [0, 0.1) is 0 Å². The Morgan fingerprint density at radius 1 is 0.964 bits per heavy atom. The summed E-state index contributed by atoms with van der Waals surface area (Å²) in [4.78, 5) is 15.7. The van der Waals surface area contributed by atoms with Crippen molar-refractivity contribution in [3.05, 3.63) is 47.8 Å². The molecule has 4 nitrogen and oxygen atoms in total. The van der Waals surface area contributed by atoms with Gasteiger partial charge < -0.3 is 10.2 Å². The second kappa shape index (κ2) is 14.1. The Labute approximate surface area is 173 Å². The van der Waals surface area contributed by atoms with Crippen molar-refractivity contribution in [3.63, 3.8) is 0 Å². The predicted octanol–water partition coefficient (Wildman–Crippen LogP) is 6.74. The molecule has 1 aromatic carbocycles. The van der Waals surface area contributed by atoms with Crippen LogP contribution in [0.15, 0.2) is 41.6 Å². The molecule has 0 saturated carbocycles. The Hall–Kier alpha value is -2.01. The number of pyridine rings is 1. The molecule has 0 aliphatic rings. The van der Waals surface area contributed by atoms with Gasteiger partial charge in [0.2, 0.25) is 0 Å². The quantitative estimate of drug-likeness (QED) is 0.261. The van der Waals surface area contributed by atoms with E-state index in [1.165, 1.54) is 82.0 Å². The van der Waals surface area contributed by atoms with Gasteiger partial charge >= 0.3 is 0 Å². The summed E-state index contributed by atoms with van der Waals surface area (Å²) in [5, 5.41) is 19.3. The average molecular weight is 404 g/mol. The van der Waals surface area contributed by atoms with Crippen molar-refractivity contribution in [2.24, 2.45) is 0 Å². The van der Waals surface area contributed by atoms with Gasteiger partial charge in [0, 0.05) is 23.7 Å². The van der Waals surface area contributed by atoms with Crippen molar-refractivity contribution >= 4 is 17.5 Å². The molecule has 1 heterocycles. The van der Waals surface area contributed by atoms with Gasteiger partial charge in [-0.15, -0.1) is 11.8 Å². The largest absolute Gasteiger partial charge is 0.507 e. The number of benzene rings is 1. The van der Waals surface area contributed by atoms with Gasteiger partial charge in [-0.05, 0) is 30.7 Å². The van der Waals surface area contributed by atoms with Crippen molar-refractivity contribution in [2.75, 3.05) is 0 Å². The number of hydrogen-bond acceptors (Lipinski definition) is 5. The van der Waals surface area contributed by atoms with E-state index in [1.54, 1.807) is 18.3 Å². The van der Waals surface area contributed by atoms with Gasteiger partial charge in [0.15, 0.2) is 5.78 Å². The second-order valence-electron chi connectivity index (χ2n) is 6.82. The molecule has 0 fully saturated rings. The summed E-state index contributed by atoms with van der Waals surface area (Å²) in [7, 11) is 0. The van der Waals surface area contributed by atoms with Crippen LogP contribution in [0.5, 0.6) is 11.5 Å². The van der Waals surface area contributed by atoms with Crippen LogP contribution in [-0.2, 0) is 5.75 Å². The standard InChI is InChI=1S/C14H13NO3S.C9H20/c1-9(16)11-5-10(6-15-7-11)8-19-14-12(17)3-2-4-13(14)18;1-3-5-7-9-8-6-4-2/h2-7,17-18H,8H2,1H3;3-9H2,1-2H3. The number of hydrogen-bond donors (Lipinski definition) is 2. The van der Waals surface area contributed by atoms with E-state index >= 15 is 0 Å². The van der Waals surface area contributed by atoms with Crippen LogP contribution in [0.3, 0.4) is 0 Å². The van der Waals surface area contributed by atoms with Gasteiger partial charge in [0.05, 0.1) is 4.90 Å². The Kier molecular flexibility index (Phi) is 12.1. The highest BCUT2D eigenvalue weighted by Gasteiger charge is 2.08. The smallest absolute Gasteiger partial charge is 0.161 e. The maximum atomic E-state index is 11.3. The number of phenols is 2. The first-order chi connectivity index (χ1) is 13.5. The lowest BCUT2D eigenvalue weighted by molar-refractivity contribution is 0.101. The Bertz CT molecular complexity index is 692. The van der Waals surface area contributed by atoms with Crippen molar-refractivity contribution in [1.29, 1.82) is 0 Å². The topological polar surface area (TPSA) is 70.4 Å². The molecule has 2 aromatic rings. The Balaban J connectivity index is 0.000000370. The van der Waals surface area contributed by atoms with Crippen molar-refractivity contribution in [3.8, 4) is 11.5 Å². The molecule has 5 heteroatoms. The summed E-state index contributed by atoms with van der Waals surface area (Å²) in [6, 6.07) is 6.38. The molecule has 0 unspecified atom stereocenters. The van der Waals surface area contributed by atoms with Gasteiger partial charge in [-0.2, -0.15) is 0 Å². The van der Waals surface area contributed by atoms with E-state index in [4.69, 9.17) is 0 Å². The van der Waals surface area contributed by atoms with Crippen LogP contribution in [0.25, 0.3) is 0 Å².